The second kappa shape index (κ2) is 5.48. The van der Waals surface area contributed by atoms with E-state index < -0.39 is 5.54 Å². The highest BCUT2D eigenvalue weighted by atomic mass is 79.9. The fourth-order valence-electron chi connectivity index (χ4n) is 1.82. The Morgan fingerprint density at radius 1 is 1.53 bits per heavy atom. The Kier molecular flexibility index (Phi) is 4.19. The summed E-state index contributed by atoms with van der Waals surface area (Å²) >= 11 is 4.71. The molecule has 17 heavy (non-hydrogen) atoms. The molecule has 1 fully saturated rings. The maximum atomic E-state index is 12.0. The highest BCUT2D eigenvalue weighted by Gasteiger charge is 2.33. The van der Waals surface area contributed by atoms with Crippen LogP contribution in [0.5, 0.6) is 0 Å². The van der Waals surface area contributed by atoms with Gasteiger partial charge in [-0.05, 0) is 40.9 Å². The molecule has 0 spiro atoms. The Balaban J connectivity index is 2.05. The average molecular weight is 320 g/mol. The van der Waals surface area contributed by atoms with Crippen LogP contribution < -0.4 is 5.32 Å². The van der Waals surface area contributed by atoms with Crippen LogP contribution in [0.3, 0.4) is 0 Å². The van der Waals surface area contributed by atoms with Gasteiger partial charge in [0.1, 0.15) is 0 Å². The zero-order valence-corrected chi connectivity index (χ0v) is 11.6. The SMILES string of the molecule is O=C(NC1(CO)CCOCC1)c1ccc(Br)s1. The minimum absolute atomic E-state index is 0.0470. The average Bonchev–Trinajstić information content (AvgIpc) is 2.77. The summed E-state index contributed by atoms with van der Waals surface area (Å²) in [6, 6.07) is 3.61. The molecule has 0 atom stereocenters. The quantitative estimate of drug-likeness (QED) is 0.893. The predicted molar refractivity (Wildman–Crippen MR) is 69.4 cm³/mol. The van der Waals surface area contributed by atoms with Crippen molar-refractivity contribution in [2.45, 2.75) is 18.4 Å². The Bertz CT molecular complexity index is 401. The van der Waals surface area contributed by atoms with Gasteiger partial charge < -0.3 is 15.2 Å². The number of aliphatic hydroxyl groups excluding tert-OH is 1. The number of hydrogen-bond acceptors (Lipinski definition) is 4. The summed E-state index contributed by atoms with van der Waals surface area (Å²) < 4.78 is 6.17. The zero-order chi connectivity index (χ0) is 12.3. The molecule has 94 valence electrons. The van der Waals surface area contributed by atoms with Crippen molar-refractivity contribution in [1.29, 1.82) is 0 Å². The number of nitrogens with one attached hydrogen (secondary N) is 1. The van der Waals surface area contributed by atoms with Gasteiger partial charge in [0, 0.05) is 13.2 Å². The first-order chi connectivity index (χ1) is 8.15. The number of carbonyl (C=O) groups is 1. The normalized spacial score (nSPS) is 18.9. The smallest absolute Gasteiger partial charge is 0.261 e. The third-order valence-corrected chi connectivity index (χ3v) is 4.55. The van der Waals surface area contributed by atoms with Gasteiger partial charge in [-0.15, -0.1) is 11.3 Å². The molecule has 2 rings (SSSR count). The van der Waals surface area contributed by atoms with Gasteiger partial charge in [0.05, 0.1) is 20.8 Å². The van der Waals surface area contributed by atoms with E-state index in [-0.39, 0.29) is 12.5 Å². The summed E-state index contributed by atoms with van der Waals surface area (Å²) in [4.78, 5) is 12.7. The zero-order valence-electron chi connectivity index (χ0n) is 9.24. The first-order valence-corrected chi connectivity index (χ1v) is 7.03. The molecule has 4 nitrogen and oxygen atoms in total. The molecule has 6 heteroatoms. The van der Waals surface area contributed by atoms with E-state index in [0.29, 0.717) is 30.9 Å². The number of thiophene rings is 1. The van der Waals surface area contributed by atoms with Gasteiger partial charge >= 0.3 is 0 Å². The van der Waals surface area contributed by atoms with Gasteiger partial charge in [-0.2, -0.15) is 0 Å². The molecule has 0 saturated carbocycles. The van der Waals surface area contributed by atoms with Crippen LogP contribution in [0.4, 0.5) is 0 Å². The molecule has 2 heterocycles. The molecule has 0 bridgehead atoms. The molecule has 1 amide bonds. The second-order valence-electron chi connectivity index (χ2n) is 4.11. The molecule has 0 radical (unpaired) electrons. The first-order valence-electron chi connectivity index (χ1n) is 5.42. The minimum atomic E-state index is -0.522. The summed E-state index contributed by atoms with van der Waals surface area (Å²) in [6.45, 7) is 1.11. The van der Waals surface area contributed by atoms with Gasteiger partial charge in [-0.3, -0.25) is 4.79 Å². The van der Waals surface area contributed by atoms with Crippen molar-refractivity contribution < 1.29 is 14.6 Å². The fourth-order valence-corrected chi connectivity index (χ4v) is 3.10. The van der Waals surface area contributed by atoms with E-state index in [4.69, 9.17) is 4.74 Å². The van der Waals surface area contributed by atoms with E-state index in [1.807, 2.05) is 6.07 Å². The standard InChI is InChI=1S/C11H14BrNO3S/c12-9-2-1-8(17-9)10(15)13-11(7-14)3-5-16-6-4-11/h1-2,14H,3-7H2,(H,13,15). The number of hydrogen-bond donors (Lipinski definition) is 2. The predicted octanol–water partition coefficient (Wildman–Crippen LogP) is 1.78. The highest BCUT2D eigenvalue weighted by Crippen LogP contribution is 2.25. The topological polar surface area (TPSA) is 58.6 Å². The third kappa shape index (κ3) is 3.07. The molecule has 2 N–H and O–H groups in total. The van der Waals surface area contributed by atoms with Crippen molar-refractivity contribution in [3.8, 4) is 0 Å². The number of ether oxygens (including phenoxy) is 1. The van der Waals surface area contributed by atoms with E-state index in [2.05, 4.69) is 21.2 Å². The number of amides is 1. The summed E-state index contributed by atoms with van der Waals surface area (Å²) in [6.07, 6.45) is 1.31. The molecule has 1 aliphatic heterocycles. The minimum Gasteiger partial charge on any atom is -0.394 e. The lowest BCUT2D eigenvalue weighted by Crippen LogP contribution is -2.54. The third-order valence-electron chi connectivity index (χ3n) is 2.93. The highest BCUT2D eigenvalue weighted by molar-refractivity contribution is 9.11. The van der Waals surface area contributed by atoms with Crippen LogP contribution in [-0.4, -0.2) is 36.4 Å². The number of carbonyl (C=O) groups excluding carboxylic acids is 1. The molecule has 0 aromatic carbocycles. The lowest BCUT2D eigenvalue weighted by atomic mass is 9.91. The van der Waals surface area contributed by atoms with Gasteiger partial charge in [-0.1, -0.05) is 0 Å². The van der Waals surface area contributed by atoms with Crippen LogP contribution >= 0.6 is 27.3 Å². The molecule has 1 saturated heterocycles. The van der Waals surface area contributed by atoms with Crippen LogP contribution in [0.2, 0.25) is 0 Å². The molecular formula is C11H14BrNO3S. The molecular weight excluding hydrogens is 306 g/mol. The molecule has 0 unspecified atom stereocenters. The molecule has 1 aromatic heterocycles. The molecule has 1 aliphatic rings. The van der Waals surface area contributed by atoms with Gasteiger partial charge in [0.25, 0.3) is 5.91 Å². The van der Waals surface area contributed by atoms with Crippen molar-refractivity contribution in [3.63, 3.8) is 0 Å². The van der Waals surface area contributed by atoms with Crippen molar-refractivity contribution in [3.05, 3.63) is 20.8 Å². The lowest BCUT2D eigenvalue weighted by Gasteiger charge is -2.36. The van der Waals surface area contributed by atoms with E-state index >= 15 is 0 Å². The van der Waals surface area contributed by atoms with E-state index in [0.717, 1.165) is 3.79 Å². The van der Waals surface area contributed by atoms with Crippen LogP contribution in [0.15, 0.2) is 15.9 Å². The van der Waals surface area contributed by atoms with E-state index in [9.17, 15) is 9.90 Å². The van der Waals surface area contributed by atoms with Gasteiger partial charge in [0.2, 0.25) is 0 Å². The Labute approximate surface area is 112 Å². The van der Waals surface area contributed by atoms with Crippen molar-refractivity contribution in [2.75, 3.05) is 19.8 Å². The van der Waals surface area contributed by atoms with Crippen molar-refractivity contribution >= 4 is 33.2 Å². The number of rotatable bonds is 3. The first kappa shape index (κ1) is 13.0. The van der Waals surface area contributed by atoms with Crippen molar-refractivity contribution in [1.82, 2.24) is 5.32 Å². The second-order valence-corrected chi connectivity index (χ2v) is 6.57. The summed E-state index contributed by atoms with van der Waals surface area (Å²) in [5.41, 5.74) is -0.522. The van der Waals surface area contributed by atoms with Crippen LogP contribution in [0.25, 0.3) is 0 Å². The van der Waals surface area contributed by atoms with Crippen LogP contribution in [0, 0.1) is 0 Å². The van der Waals surface area contributed by atoms with Crippen LogP contribution in [0.1, 0.15) is 22.5 Å². The lowest BCUT2D eigenvalue weighted by molar-refractivity contribution is 0.0126. The van der Waals surface area contributed by atoms with E-state index in [1.165, 1.54) is 11.3 Å². The van der Waals surface area contributed by atoms with Gasteiger partial charge in [-0.25, -0.2) is 0 Å². The van der Waals surface area contributed by atoms with Crippen molar-refractivity contribution in [2.24, 2.45) is 0 Å². The molecule has 0 aliphatic carbocycles. The molecule has 1 aromatic rings. The number of halogens is 1. The largest absolute Gasteiger partial charge is 0.394 e. The van der Waals surface area contributed by atoms with Gasteiger partial charge in [0.15, 0.2) is 0 Å². The summed E-state index contributed by atoms with van der Waals surface area (Å²) in [7, 11) is 0. The maximum Gasteiger partial charge on any atom is 0.261 e. The maximum absolute atomic E-state index is 12.0. The Morgan fingerprint density at radius 2 is 2.24 bits per heavy atom. The van der Waals surface area contributed by atoms with E-state index in [1.54, 1.807) is 6.07 Å². The summed E-state index contributed by atoms with van der Waals surface area (Å²) in [5.74, 6) is -0.128. The monoisotopic (exact) mass is 319 g/mol. The Morgan fingerprint density at radius 3 is 2.76 bits per heavy atom. The Hall–Kier alpha value is -0.430. The number of aliphatic hydroxyl groups is 1. The summed E-state index contributed by atoms with van der Waals surface area (Å²) in [5, 5.41) is 12.4. The fraction of sp³-hybridized carbons (Fsp3) is 0.545. The van der Waals surface area contributed by atoms with Crippen LogP contribution in [-0.2, 0) is 4.74 Å².